The van der Waals surface area contributed by atoms with Gasteiger partial charge >= 0.3 is 0 Å². The van der Waals surface area contributed by atoms with Crippen LogP contribution in [0.5, 0.6) is 0 Å². The summed E-state index contributed by atoms with van der Waals surface area (Å²) in [4.78, 5) is 1.47. The fourth-order valence-electron chi connectivity index (χ4n) is 1.78. The second-order valence-electron chi connectivity index (χ2n) is 4.14. The van der Waals surface area contributed by atoms with E-state index in [1.54, 1.807) is 0 Å². The van der Waals surface area contributed by atoms with Crippen LogP contribution in [0.2, 0.25) is 0 Å². The fourth-order valence-corrected chi connectivity index (χ4v) is 3.31. The van der Waals surface area contributed by atoms with E-state index in [4.69, 9.17) is 0 Å². The molecule has 0 radical (unpaired) electrons. The molecule has 1 rings (SSSR count). The van der Waals surface area contributed by atoms with E-state index in [0.29, 0.717) is 6.04 Å². The van der Waals surface area contributed by atoms with Crippen LogP contribution in [0.4, 0.5) is 0 Å². The predicted molar refractivity (Wildman–Crippen MR) is 77.2 cm³/mol. The smallest absolute Gasteiger partial charge is 0.0701 e. The van der Waals surface area contributed by atoms with Gasteiger partial charge in [0, 0.05) is 10.9 Å². The minimum absolute atomic E-state index is 0.558. The van der Waals surface area contributed by atoms with E-state index in [1.165, 1.54) is 40.8 Å². The highest BCUT2D eigenvalue weighted by atomic mass is 79.9. The van der Waals surface area contributed by atoms with Crippen molar-refractivity contribution in [1.29, 1.82) is 0 Å². The van der Waals surface area contributed by atoms with E-state index in [-0.39, 0.29) is 0 Å². The van der Waals surface area contributed by atoms with Crippen LogP contribution in [0.25, 0.3) is 0 Å². The zero-order valence-corrected chi connectivity index (χ0v) is 12.7. The van der Waals surface area contributed by atoms with Crippen LogP contribution in [0.1, 0.15) is 56.9 Å². The summed E-state index contributed by atoms with van der Waals surface area (Å²) < 4.78 is 1.24. The quantitative estimate of drug-likeness (QED) is 0.656. The molecule has 1 N–H and O–H groups in total. The summed E-state index contributed by atoms with van der Waals surface area (Å²) in [6, 6.07) is 4.96. The van der Waals surface area contributed by atoms with Crippen LogP contribution >= 0.6 is 27.3 Å². The zero-order chi connectivity index (χ0) is 11.8. The molecule has 1 aromatic heterocycles. The SMILES string of the molecule is CCCCCC(NCCC)c1ccc(Br)s1. The van der Waals surface area contributed by atoms with Crippen molar-refractivity contribution in [3.63, 3.8) is 0 Å². The number of rotatable bonds is 8. The third kappa shape index (κ3) is 4.98. The molecule has 16 heavy (non-hydrogen) atoms. The zero-order valence-electron chi connectivity index (χ0n) is 10.3. The van der Waals surface area contributed by atoms with Crippen LogP contribution in [-0.4, -0.2) is 6.54 Å². The molecule has 1 nitrogen and oxygen atoms in total. The summed E-state index contributed by atoms with van der Waals surface area (Å²) in [5.41, 5.74) is 0. The minimum atomic E-state index is 0.558. The summed E-state index contributed by atoms with van der Waals surface area (Å²) in [5, 5.41) is 3.65. The standard InChI is InChI=1S/C13H22BrNS/c1-3-5-6-7-11(15-10-4-2)12-8-9-13(14)16-12/h8-9,11,15H,3-7,10H2,1-2H3. The lowest BCUT2D eigenvalue weighted by Gasteiger charge is -2.16. The topological polar surface area (TPSA) is 12.0 Å². The molecule has 0 aliphatic rings. The first-order valence-corrected chi connectivity index (χ1v) is 7.87. The molecule has 0 spiro atoms. The second kappa shape index (κ2) is 8.26. The molecule has 1 unspecified atom stereocenters. The van der Waals surface area contributed by atoms with E-state index in [9.17, 15) is 0 Å². The van der Waals surface area contributed by atoms with Crippen molar-refractivity contribution in [3.05, 3.63) is 20.8 Å². The summed E-state index contributed by atoms with van der Waals surface area (Å²) >= 11 is 5.40. The van der Waals surface area contributed by atoms with Crippen molar-refractivity contribution in [3.8, 4) is 0 Å². The van der Waals surface area contributed by atoms with Gasteiger partial charge in [-0.2, -0.15) is 0 Å². The second-order valence-corrected chi connectivity index (χ2v) is 6.64. The van der Waals surface area contributed by atoms with Gasteiger partial charge in [0.2, 0.25) is 0 Å². The summed E-state index contributed by atoms with van der Waals surface area (Å²) in [5.74, 6) is 0. The maximum atomic E-state index is 3.65. The van der Waals surface area contributed by atoms with Gasteiger partial charge in [-0.05, 0) is 47.4 Å². The van der Waals surface area contributed by atoms with E-state index in [1.807, 2.05) is 11.3 Å². The Morgan fingerprint density at radius 1 is 1.25 bits per heavy atom. The van der Waals surface area contributed by atoms with Gasteiger partial charge < -0.3 is 5.32 Å². The predicted octanol–water partition coefficient (Wildman–Crippen LogP) is 5.13. The number of thiophene rings is 1. The van der Waals surface area contributed by atoms with Crippen LogP contribution in [0, 0.1) is 0 Å². The molecule has 0 aliphatic heterocycles. The van der Waals surface area contributed by atoms with Gasteiger partial charge in [-0.3, -0.25) is 0 Å². The number of hydrogen-bond donors (Lipinski definition) is 1. The molecule has 0 saturated carbocycles. The first-order chi connectivity index (χ1) is 7.77. The lowest BCUT2D eigenvalue weighted by Crippen LogP contribution is -2.21. The Bertz CT molecular complexity index is 285. The summed E-state index contributed by atoms with van der Waals surface area (Å²) in [7, 11) is 0. The van der Waals surface area contributed by atoms with Gasteiger partial charge in [0.25, 0.3) is 0 Å². The molecule has 0 amide bonds. The van der Waals surface area contributed by atoms with Crippen molar-refractivity contribution in [2.24, 2.45) is 0 Å². The number of hydrogen-bond acceptors (Lipinski definition) is 2. The van der Waals surface area contributed by atoms with E-state index in [2.05, 4.69) is 47.2 Å². The van der Waals surface area contributed by atoms with E-state index in [0.717, 1.165) is 6.54 Å². The Kier molecular flexibility index (Phi) is 7.33. The lowest BCUT2D eigenvalue weighted by atomic mass is 10.1. The average molecular weight is 304 g/mol. The Morgan fingerprint density at radius 3 is 2.62 bits per heavy atom. The van der Waals surface area contributed by atoms with Crippen molar-refractivity contribution in [1.82, 2.24) is 5.32 Å². The Morgan fingerprint density at radius 2 is 2.06 bits per heavy atom. The Balaban J connectivity index is 2.49. The Hall–Kier alpha value is 0.140. The molecule has 3 heteroatoms. The molecule has 0 aromatic carbocycles. The van der Waals surface area contributed by atoms with E-state index >= 15 is 0 Å². The highest BCUT2D eigenvalue weighted by molar-refractivity contribution is 9.11. The highest BCUT2D eigenvalue weighted by Crippen LogP contribution is 2.30. The van der Waals surface area contributed by atoms with Crippen molar-refractivity contribution < 1.29 is 0 Å². The fraction of sp³-hybridized carbons (Fsp3) is 0.692. The maximum Gasteiger partial charge on any atom is 0.0701 e. The van der Waals surface area contributed by atoms with Crippen LogP contribution in [0.3, 0.4) is 0 Å². The molecule has 0 bridgehead atoms. The lowest BCUT2D eigenvalue weighted by molar-refractivity contribution is 0.480. The first kappa shape index (κ1) is 14.2. The third-order valence-electron chi connectivity index (χ3n) is 2.67. The highest BCUT2D eigenvalue weighted by Gasteiger charge is 2.12. The molecule has 0 aliphatic carbocycles. The molecule has 1 heterocycles. The van der Waals surface area contributed by atoms with Crippen LogP contribution < -0.4 is 5.32 Å². The average Bonchev–Trinajstić information content (AvgIpc) is 2.70. The maximum absolute atomic E-state index is 3.65. The van der Waals surface area contributed by atoms with Gasteiger partial charge in [-0.15, -0.1) is 11.3 Å². The van der Waals surface area contributed by atoms with Crippen molar-refractivity contribution >= 4 is 27.3 Å². The van der Waals surface area contributed by atoms with Crippen LogP contribution in [0.15, 0.2) is 15.9 Å². The molecule has 1 aromatic rings. The molecule has 0 fully saturated rings. The molecule has 1 atom stereocenters. The van der Waals surface area contributed by atoms with Gasteiger partial charge in [0.05, 0.1) is 3.79 Å². The number of nitrogens with one attached hydrogen (secondary N) is 1. The van der Waals surface area contributed by atoms with Gasteiger partial charge in [-0.1, -0.05) is 33.1 Å². The normalized spacial score (nSPS) is 12.9. The third-order valence-corrected chi connectivity index (χ3v) is 4.41. The summed E-state index contributed by atoms with van der Waals surface area (Å²) in [6.07, 6.45) is 6.44. The van der Waals surface area contributed by atoms with Crippen molar-refractivity contribution in [2.75, 3.05) is 6.54 Å². The largest absolute Gasteiger partial charge is 0.309 e. The van der Waals surface area contributed by atoms with Gasteiger partial charge in [0.15, 0.2) is 0 Å². The van der Waals surface area contributed by atoms with Gasteiger partial charge in [-0.25, -0.2) is 0 Å². The van der Waals surface area contributed by atoms with Crippen LogP contribution in [-0.2, 0) is 0 Å². The first-order valence-electron chi connectivity index (χ1n) is 6.26. The monoisotopic (exact) mass is 303 g/mol. The van der Waals surface area contributed by atoms with Crippen molar-refractivity contribution in [2.45, 2.75) is 52.0 Å². The minimum Gasteiger partial charge on any atom is -0.309 e. The number of unbranched alkanes of at least 4 members (excludes halogenated alkanes) is 2. The molecule has 92 valence electrons. The Labute approximate surface area is 112 Å². The molecule has 0 saturated heterocycles. The van der Waals surface area contributed by atoms with Gasteiger partial charge in [0.1, 0.15) is 0 Å². The van der Waals surface area contributed by atoms with E-state index < -0.39 is 0 Å². The number of halogens is 1. The molecular formula is C13H22BrNS. The molecular weight excluding hydrogens is 282 g/mol. The summed E-state index contributed by atoms with van der Waals surface area (Å²) in [6.45, 7) is 5.60.